The molecule has 4 heterocycles. The molecule has 0 amide bonds. The number of ether oxygens (including phenoxy) is 1. The van der Waals surface area contributed by atoms with Crippen LogP contribution in [-0.4, -0.2) is 18.7 Å². The van der Waals surface area contributed by atoms with Gasteiger partial charge in [0.1, 0.15) is 5.82 Å². The molecule has 7 heteroatoms. The second kappa shape index (κ2) is 17.6. The van der Waals surface area contributed by atoms with Gasteiger partial charge in [-0.1, -0.05) is 159 Å². The van der Waals surface area contributed by atoms with Gasteiger partial charge < -0.3 is 18.4 Å². The Balaban J connectivity index is 0.00000769. The van der Waals surface area contributed by atoms with E-state index in [0.29, 0.717) is 55.6 Å². The van der Waals surface area contributed by atoms with Crippen LogP contribution in [0.5, 0.6) is 11.5 Å². The van der Waals surface area contributed by atoms with Gasteiger partial charge in [0.05, 0.1) is 52.4 Å². The molecule has 0 spiro atoms. The van der Waals surface area contributed by atoms with E-state index in [9.17, 15) is 0 Å². The summed E-state index contributed by atoms with van der Waals surface area (Å²) in [6, 6.07) is 26.0. The van der Waals surface area contributed by atoms with E-state index in [2.05, 4.69) is 18.5 Å². The predicted molar refractivity (Wildman–Crippen MR) is 279 cm³/mol. The Morgan fingerprint density at radius 1 is 0.571 bits per heavy atom. The van der Waals surface area contributed by atoms with Crippen molar-refractivity contribution in [3.63, 3.8) is 0 Å². The number of para-hydroxylation sites is 5. The zero-order valence-electron chi connectivity index (χ0n) is 55.9. The Hall–Kier alpha value is -8.31. The summed E-state index contributed by atoms with van der Waals surface area (Å²) in [5.41, 5.74) is 3.11. The Bertz CT molecular complexity index is 5020. The van der Waals surface area contributed by atoms with E-state index in [4.69, 9.17) is 35.8 Å². The number of aromatic nitrogens is 5. The van der Waals surface area contributed by atoms with Crippen molar-refractivity contribution in [2.24, 2.45) is 0 Å². The molecule has 0 fully saturated rings. The van der Waals surface area contributed by atoms with Gasteiger partial charge in [-0.2, -0.15) is 18.2 Å². The smallest absolute Gasteiger partial charge is 0.268 e. The average molecular weight is 1100 g/mol. The summed E-state index contributed by atoms with van der Waals surface area (Å²) in [5, 5.41) is 1.07. The summed E-state index contributed by atoms with van der Waals surface area (Å²) >= 11 is 0. The second-order valence-electron chi connectivity index (χ2n) is 16.3. The summed E-state index contributed by atoms with van der Waals surface area (Å²) in [6.07, 6.45) is 4.96. The van der Waals surface area contributed by atoms with E-state index in [1.807, 2.05) is 4.57 Å². The summed E-state index contributed by atoms with van der Waals surface area (Å²) in [4.78, 5) is 4.77. The van der Waals surface area contributed by atoms with Crippen molar-refractivity contribution in [3.8, 4) is 56.6 Å². The van der Waals surface area contributed by atoms with Gasteiger partial charge in [0, 0.05) is 62.1 Å². The molecule has 0 atom stereocenters. The van der Waals surface area contributed by atoms with Crippen LogP contribution in [0.3, 0.4) is 0 Å². The SMILES string of the molecule is [2H]c1c([2H])c([2H])c(-c2cccc(-c3c([2H])c([2H])c([2H])c([2H])c3[2H])c2-[n+]2[c-]n(-c3[c-]c(Oc4[c-]c5c(cc4)c4cc(-n6c7c([2H])c([2H])c([2H])c([2H])c7c7c([2H])c([2H])c([2H])c([2H])c76)ccc4n5-c4cc(C([2H])(C)C)ccn4)ccc3)c3ccccc32)c([2H])c1[2H].[Pt]. The van der Waals surface area contributed by atoms with Crippen LogP contribution in [0.4, 0.5) is 0 Å². The molecule has 0 saturated heterocycles. The van der Waals surface area contributed by atoms with Gasteiger partial charge in [0.2, 0.25) is 0 Å². The van der Waals surface area contributed by atoms with Gasteiger partial charge in [0.15, 0.2) is 0 Å². The predicted octanol–water partition coefficient (Wildman–Crippen LogP) is 15.1. The maximum absolute atomic E-state index is 9.13. The number of rotatable bonds is 9. The van der Waals surface area contributed by atoms with Crippen molar-refractivity contribution in [2.45, 2.75) is 19.7 Å². The largest absolute Gasteiger partial charge is 0.510 e. The van der Waals surface area contributed by atoms with Crippen LogP contribution in [0.1, 0.15) is 51.3 Å². The molecule has 0 aliphatic rings. The zero-order chi connectivity index (χ0) is 62.6. The van der Waals surface area contributed by atoms with Crippen LogP contribution in [0.25, 0.3) is 99.8 Å². The molecule has 9 aromatic carbocycles. The monoisotopic (exact) mass is 1100 g/mol. The van der Waals surface area contributed by atoms with E-state index in [1.165, 1.54) is 22.8 Å². The first kappa shape index (κ1) is 27.0. The minimum absolute atomic E-state index is 0. The molecule has 0 bridgehead atoms. The van der Waals surface area contributed by atoms with Crippen molar-refractivity contribution in [1.82, 2.24) is 18.7 Å². The first-order valence-electron chi connectivity index (χ1n) is 31.2. The number of hydrogen-bond acceptors (Lipinski definition) is 2. The fourth-order valence-corrected chi connectivity index (χ4v) is 8.99. The van der Waals surface area contributed by atoms with Crippen LogP contribution in [0, 0.1) is 18.5 Å². The maximum Gasteiger partial charge on any atom is 0.268 e. The first-order valence-corrected chi connectivity index (χ1v) is 21.7. The first-order chi connectivity index (χ1) is 41.8. The minimum atomic E-state index is -1.04. The molecule has 0 unspecified atom stereocenters. The van der Waals surface area contributed by atoms with Crippen LogP contribution < -0.4 is 9.30 Å². The molecule has 70 heavy (non-hydrogen) atoms. The molecule has 0 radical (unpaired) electrons. The van der Waals surface area contributed by atoms with Crippen LogP contribution in [0.2, 0.25) is 0 Å². The molecule has 13 aromatic rings. The fraction of sp³-hybridized carbons (Fsp3) is 0.0476. The number of hydrogen-bond donors (Lipinski definition) is 0. The Morgan fingerprint density at radius 3 is 1.94 bits per heavy atom. The van der Waals surface area contributed by atoms with Crippen LogP contribution in [0.15, 0.2) is 218 Å². The maximum atomic E-state index is 9.13. The third-order valence-corrected chi connectivity index (χ3v) is 12.1. The van der Waals surface area contributed by atoms with Crippen molar-refractivity contribution in [1.29, 1.82) is 0 Å². The topological polar surface area (TPSA) is 40.8 Å². The van der Waals surface area contributed by atoms with Gasteiger partial charge in [-0.3, -0.25) is 4.57 Å². The standard InChI is InChI=1S/C63H43N5O.Pt/c1-42(2)45-35-36-64-62(37-45)68-58-34-31-47(67-56-27-11-9-23-52(56)53-24-10-12-28-57(53)67)39-55(58)54-33-32-49(40-61(54)68)69-48-22-15-21-46(38-48)65-41-66(60-30-14-13-29-59(60)65)63-50(43-17-5-3-6-18-43)25-16-26-51(63)44-19-7-4-8-20-44;/h3-37,39,42H,1-2H3;/q-2;/i3D,4D,5D,6D,7D,8D,9D,10D,11D,12D,17D,18D,19D,20D,23D,24D,27D,28D,42D;. The quantitative estimate of drug-likeness (QED) is 0.107. The molecule has 338 valence electrons. The molecule has 13 rings (SSSR count). The molecule has 6 nitrogen and oxygen atoms in total. The number of nitrogens with zero attached hydrogens (tertiary/aromatic N) is 5. The van der Waals surface area contributed by atoms with Gasteiger partial charge in [-0.15, -0.1) is 29.7 Å². The van der Waals surface area contributed by atoms with Crippen molar-refractivity contribution < 1.29 is 56.4 Å². The van der Waals surface area contributed by atoms with Crippen molar-refractivity contribution >= 4 is 54.6 Å². The van der Waals surface area contributed by atoms with Crippen LogP contribution in [-0.2, 0) is 21.1 Å². The summed E-state index contributed by atoms with van der Waals surface area (Å²) < 4.78 is 180. The molecule has 0 N–H and O–H groups in total. The third kappa shape index (κ3) is 7.22. The van der Waals surface area contributed by atoms with E-state index in [1.54, 1.807) is 114 Å². The van der Waals surface area contributed by atoms with E-state index >= 15 is 0 Å². The van der Waals surface area contributed by atoms with Crippen molar-refractivity contribution in [3.05, 3.63) is 242 Å². The van der Waals surface area contributed by atoms with Gasteiger partial charge in [0.25, 0.3) is 6.33 Å². The summed E-state index contributed by atoms with van der Waals surface area (Å²) in [5.74, 6) is -0.212. The number of benzene rings is 9. The Labute approximate surface area is 446 Å². The minimum Gasteiger partial charge on any atom is -0.510 e. The average Bonchev–Trinajstić information content (AvgIpc) is 1.59. The van der Waals surface area contributed by atoms with E-state index < -0.39 is 115 Å². The number of pyridine rings is 1. The fourth-order valence-electron chi connectivity index (χ4n) is 8.99. The van der Waals surface area contributed by atoms with Gasteiger partial charge in [-0.25, -0.2) is 4.98 Å². The Morgan fingerprint density at radius 2 is 1.23 bits per heavy atom. The molecule has 4 aromatic heterocycles. The number of imidazole rings is 1. The second-order valence-corrected chi connectivity index (χ2v) is 16.3. The van der Waals surface area contributed by atoms with Gasteiger partial charge >= 0.3 is 0 Å². The number of fused-ring (bicyclic) bond motifs is 7. The Kier molecular flexibility index (Phi) is 6.81. The van der Waals surface area contributed by atoms with E-state index in [-0.39, 0.29) is 82.3 Å². The van der Waals surface area contributed by atoms with Crippen molar-refractivity contribution in [2.75, 3.05) is 0 Å². The molecular formula is C63H43N5OPt-2. The molecule has 0 aliphatic heterocycles. The van der Waals surface area contributed by atoms with Gasteiger partial charge in [-0.05, 0) is 87.2 Å². The van der Waals surface area contributed by atoms with E-state index in [0.717, 1.165) is 0 Å². The molecule has 0 saturated carbocycles. The summed E-state index contributed by atoms with van der Waals surface area (Å²) in [7, 11) is 0. The molecule has 0 aliphatic carbocycles. The normalized spacial score (nSPS) is 15.5. The summed E-state index contributed by atoms with van der Waals surface area (Å²) in [6.45, 7) is 3.50. The molecular weight excluding hydrogens is 1040 g/mol. The van der Waals surface area contributed by atoms with Crippen LogP contribution >= 0.6 is 0 Å². The third-order valence-electron chi connectivity index (χ3n) is 12.1. The zero-order valence-corrected chi connectivity index (χ0v) is 39.1.